The summed E-state index contributed by atoms with van der Waals surface area (Å²) in [5, 5.41) is 13.5. The van der Waals surface area contributed by atoms with Crippen LogP contribution in [0.25, 0.3) is 0 Å². The first-order chi connectivity index (χ1) is 8.40. The Bertz CT molecular complexity index is 480. The molecule has 0 radical (unpaired) electrons. The summed E-state index contributed by atoms with van der Waals surface area (Å²) in [6.07, 6.45) is 0. The molecule has 0 aliphatic heterocycles. The zero-order valence-electron chi connectivity index (χ0n) is 9.38. The summed E-state index contributed by atoms with van der Waals surface area (Å²) in [5.74, 6) is 0. The van der Waals surface area contributed by atoms with Gasteiger partial charge < -0.3 is 5.11 Å². The Morgan fingerprint density at radius 1 is 0.941 bits per heavy atom. The van der Waals surface area contributed by atoms with E-state index in [2.05, 4.69) is 10.5 Å². The second-order valence-electron chi connectivity index (χ2n) is 3.56. The molecule has 3 nitrogen and oxygen atoms in total. The van der Waals surface area contributed by atoms with Gasteiger partial charge in [0.15, 0.2) is 0 Å². The third-order valence-electron chi connectivity index (χ3n) is 2.35. The van der Waals surface area contributed by atoms with Crippen LogP contribution in [-0.2, 0) is 0 Å². The second-order valence-corrected chi connectivity index (χ2v) is 3.56. The summed E-state index contributed by atoms with van der Waals surface area (Å²) in [4.78, 5) is 0. The van der Waals surface area contributed by atoms with Crippen LogP contribution < -0.4 is 5.43 Å². The van der Waals surface area contributed by atoms with Crippen molar-refractivity contribution in [3.63, 3.8) is 0 Å². The highest BCUT2D eigenvalue weighted by molar-refractivity contribution is 6.01. The van der Waals surface area contributed by atoms with Crippen LogP contribution in [0.15, 0.2) is 65.8 Å². The summed E-state index contributed by atoms with van der Waals surface area (Å²) < 4.78 is 0. The minimum Gasteiger partial charge on any atom is -0.390 e. The summed E-state index contributed by atoms with van der Waals surface area (Å²) in [6.45, 7) is -0.0934. The molecule has 2 aromatic carbocycles. The van der Waals surface area contributed by atoms with Crippen molar-refractivity contribution in [3.8, 4) is 0 Å². The van der Waals surface area contributed by atoms with Crippen molar-refractivity contribution in [1.29, 1.82) is 0 Å². The van der Waals surface area contributed by atoms with Crippen LogP contribution >= 0.6 is 0 Å². The van der Waals surface area contributed by atoms with E-state index in [1.807, 2.05) is 60.7 Å². The predicted molar refractivity (Wildman–Crippen MR) is 70.1 cm³/mol. The molecular formula is C14H14N2O. The lowest BCUT2D eigenvalue weighted by molar-refractivity contribution is 0.357. The van der Waals surface area contributed by atoms with Gasteiger partial charge in [-0.25, -0.2) is 0 Å². The molecule has 17 heavy (non-hydrogen) atoms. The van der Waals surface area contributed by atoms with E-state index in [4.69, 9.17) is 0 Å². The van der Waals surface area contributed by atoms with E-state index in [0.29, 0.717) is 5.71 Å². The third kappa shape index (κ3) is 3.16. The van der Waals surface area contributed by atoms with Crippen molar-refractivity contribution >= 4 is 11.4 Å². The Morgan fingerprint density at radius 2 is 1.53 bits per heavy atom. The van der Waals surface area contributed by atoms with Crippen molar-refractivity contribution < 1.29 is 5.11 Å². The zero-order valence-corrected chi connectivity index (χ0v) is 9.38. The number of hydrogen-bond donors (Lipinski definition) is 2. The maximum absolute atomic E-state index is 9.29. The number of rotatable bonds is 4. The van der Waals surface area contributed by atoms with Gasteiger partial charge in [0.2, 0.25) is 0 Å². The first kappa shape index (κ1) is 11.4. The number of hydrogen-bond acceptors (Lipinski definition) is 3. The van der Waals surface area contributed by atoms with Crippen molar-refractivity contribution in [3.05, 3.63) is 66.2 Å². The van der Waals surface area contributed by atoms with Gasteiger partial charge in [0.1, 0.15) is 0 Å². The molecule has 0 saturated heterocycles. The third-order valence-corrected chi connectivity index (χ3v) is 2.35. The normalized spacial score (nSPS) is 11.2. The van der Waals surface area contributed by atoms with Crippen LogP contribution in [0.1, 0.15) is 5.56 Å². The zero-order chi connectivity index (χ0) is 11.9. The molecule has 0 saturated carbocycles. The first-order valence-corrected chi connectivity index (χ1v) is 5.44. The Kier molecular flexibility index (Phi) is 3.89. The standard InChI is InChI=1S/C14H14N2O/c17-11-14(12-7-3-1-4-8-12)16-15-13-9-5-2-6-10-13/h1-10,15,17H,11H2. The number of para-hydroxylation sites is 1. The van der Waals surface area contributed by atoms with Crippen molar-refractivity contribution in [2.45, 2.75) is 0 Å². The molecule has 86 valence electrons. The highest BCUT2D eigenvalue weighted by Crippen LogP contribution is 2.06. The number of aliphatic hydroxyl groups excluding tert-OH is 1. The van der Waals surface area contributed by atoms with Crippen LogP contribution in [0.2, 0.25) is 0 Å². The summed E-state index contributed by atoms with van der Waals surface area (Å²) in [5.41, 5.74) is 5.35. The van der Waals surface area contributed by atoms with E-state index in [1.165, 1.54) is 0 Å². The van der Waals surface area contributed by atoms with Crippen LogP contribution in [-0.4, -0.2) is 17.4 Å². The molecule has 2 N–H and O–H groups in total. The first-order valence-electron chi connectivity index (χ1n) is 5.44. The Morgan fingerprint density at radius 3 is 2.12 bits per heavy atom. The number of nitrogens with zero attached hydrogens (tertiary/aromatic N) is 1. The topological polar surface area (TPSA) is 44.6 Å². The molecular weight excluding hydrogens is 212 g/mol. The minimum absolute atomic E-state index is 0.0934. The molecule has 0 aromatic heterocycles. The smallest absolute Gasteiger partial charge is 0.0933 e. The van der Waals surface area contributed by atoms with Gasteiger partial charge in [0, 0.05) is 5.56 Å². The maximum Gasteiger partial charge on any atom is 0.0933 e. The number of nitrogens with one attached hydrogen (secondary N) is 1. The molecule has 0 heterocycles. The van der Waals surface area contributed by atoms with Gasteiger partial charge in [-0.15, -0.1) is 0 Å². The van der Waals surface area contributed by atoms with Crippen molar-refractivity contribution in [2.75, 3.05) is 12.0 Å². The van der Waals surface area contributed by atoms with E-state index in [1.54, 1.807) is 0 Å². The molecule has 3 heteroatoms. The van der Waals surface area contributed by atoms with Crippen LogP contribution in [0.5, 0.6) is 0 Å². The molecule has 0 aliphatic rings. The molecule has 0 amide bonds. The predicted octanol–water partition coefficient (Wildman–Crippen LogP) is 2.50. The van der Waals surface area contributed by atoms with Crippen molar-refractivity contribution in [1.82, 2.24) is 0 Å². The maximum atomic E-state index is 9.29. The largest absolute Gasteiger partial charge is 0.390 e. The van der Waals surface area contributed by atoms with Gasteiger partial charge in [0.05, 0.1) is 18.0 Å². The Balaban J connectivity index is 2.14. The number of anilines is 1. The van der Waals surface area contributed by atoms with Gasteiger partial charge >= 0.3 is 0 Å². The SMILES string of the molecule is OCC(=NNc1ccccc1)c1ccccc1. The van der Waals surface area contributed by atoms with Gasteiger partial charge in [-0.3, -0.25) is 5.43 Å². The van der Waals surface area contributed by atoms with Gasteiger partial charge in [-0.1, -0.05) is 48.5 Å². The van der Waals surface area contributed by atoms with Crippen molar-refractivity contribution in [2.24, 2.45) is 5.10 Å². The lowest BCUT2D eigenvalue weighted by atomic mass is 10.1. The molecule has 0 bridgehead atoms. The molecule has 2 rings (SSSR count). The fourth-order valence-electron chi connectivity index (χ4n) is 1.47. The number of hydrazone groups is 1. The molecule has 0 aliphatic carbocycles. The molecule has 0 atom stereocenters. The lowest BCUT2D eigenvalue weighted by Crippen LogP contribution is -2.09. The van der Waals surface area contributed by atoms with E-state index < -0.39 is 0 Å². The fraction of sp³-hybridized carbons (Fsp3) is 0.0714. The summed E-state index contributed by atoms with van der Waals surface area (Å²) in [6, 6.07) is 19.3. The van der Waals surface area contributed by atoms with Gasteiger partial charge in [0.25, 0.3) is 0 Å². The average molecular weight is 226 g/mol. The quantitative estimate of drug-likeness (QED) is 0.621. The molecule has 2 aromatic rings. The highest BCUT2D eigenvalue weighted by atomic mass is 16.3. The van der Waals surface area contributed by atoms with Gasteiger partial charge in [-0.2, -0.15) is 5.10 Å². The Labute approximate surface area is 100 Å². The van der Waals surface area contributed by atoms with E-state index in [9.17, 15) is 5.11 Å². The number of aliphatic hydroxyl groups is 1. The molecule has 0 fully saturated rings. The average Bonchev–Trinajstić information content (AvgIpc) is 2.42. The summed E-state index contributed by atoms with van der Waals surface area (Å²) >= 11 is 0. The van der Waals surface area contributed by atoms with E-state index in [-0.39, 0.29) is 6.61 Å². The molecule has 0 spiro atoms. The Hall–Kier alpha value is -2.13. The second kappa shape index (κ2) is 5.82. The molecule has 0 unspecified atom stereocenters. The monoisotopic (exact) mass is 226 g/mol. The lowest BCUT2D eigenvalue weighted by Gasteiger charge is -2.05. The number of benzene rings is 2. The van der Waals surface area contributed by atoms with Crippen LogP contribution in [0.4, 0.5) is 5.69 Å². The van der Waals surface area contributed by atoms with E-state index >= 15 is 0 Å². The highest BCUT2D eigenvalue weighted by Gasteiger charge is 2.00. The minimum atomic E-state index is -0.0934. The van der Waals surface area contributed by atoms with Gasteiger partial charge in [-0.05, 0) is 12.1 Å². The summed E-state index contributed by atoms with van der Waals surface area (Å²) in [7, 11) is 0. The van der Waals surface area contributed by atoms with Crippen LogP contribution in [0, 0.1) is 0 Å². The van der Waals surface area contributed by atoms with E-state index in [0.717, 1.165) is 11.3 Å². The fourth-order valence-corrected chi connectivity index (χ4v) is 1.47. The van der Waals surface area contributed by atoms with Crippen LogP contribution in [0.3, 0.4) is 0 Å².